The molecule has 0 saturated carbocycles. The van der Waals surface area contributed by atoms with Crippen molar-refractivity contribution in [3.63, 3.8) is 0 Å². The van der Waals surface area contributed by atoms with Gasteiger partial charge in [0, 0.05) is 38.6 Å². The molecule has 0 radical (unpaired) electrons. The molecule has 17 heavy (non-hydrogen) atoms. The molecule has 2 heterocycles. The van der Waals surface area contributed by atoms with Crippen LogP contribution in [0.15, 0.2) is 12.4 Å². The Kier molecular flexibility index (Phi) is 3.50. The summed E-state index contributed by atoms with van der Waals surface area (Å²) in [6.07, 6.45) is 2.82. The van der Waals surface area contributed by atoms with Crippen molar-refractivity contribution in [1.82, 2.24) is 20.3 Å². The van der Waals surface area contributed by atoms with Crippen molar-refractivity contribution < 1.29 is 10.0 Å². The average molecular weight is 237 g/mol. The number of piperazine rings is 1. The number of anilines is 1. The van der Waals surface area contributed by atoms with E-state index in [0.29, 0.717) is 5.95 Å². The fraction of sp³-hybridized carbons (Fsp3) is 0.500. The molecule has 92 valence electrons. The highest BCUT2D eigenvalue weighted by Crippen LogP contribution is 2.09. The summed E-state index contributed by atoms with van der Waals surface area (Å²) in [5, 5.41) is 8.46. The van der Waals surface area contributed by atoms with Gasteiger partial charge in [-0.1, -0.05) is 0 Å². The van der Waals surface area contributed by atoms with Crippen LogP contribution in [0.25, 0.3) is 0 Å². The number of nitrogens with one attached hydrogen (secondary N) is 1. The van der Waals surface area contributed by atoms with Crippen molar-refractivity contribution in [3.05, 3.63) is 18.0 Å². The van der Waals surface area contributed by atoms with Gasteiger partial charge in [-0.2, -0.15) is 0 Å². The molecule has 0 aromatic carbocycles. The third-order valence-electron chi connectivity index (χ3n) is 2.79. The molecule has 1 aliphatic heterocycles. The van der Waals surface area contributed by atoms with Gasteiger partial charge in [0.05, 0.1) is 5.56 Å². The molecule has 0 unspecified atom stereocenters. The van der Waals surface area contributed by atoms with Crippen LogP contribution in [0.1, 0.15) is 10.4 Å². The van der Waals surface area contributed by atoms with Crippen LogP contribution in [0.4, 0.5) is 5.95 Å². The van der Waals surface area contributed by atoms with Crippen molar-refractivity contribution in [2.24, 2.45) is 0 Å². The fourth-order valence-electron chi connectivity index (χ4n) is 1.67. The Morgan fingerprint density at radius 3 is 2.41 bits per heavy atom. The Hall–Kier alpha value is -1.73. The Labute approximate surface area is 99.0 Å². The minimum atomic E-state index is -0.602. The Bertz CT molecular complexity index is 386. The summed E-state index contributed by atoms with van der Waals surface area (Å²) in [6.45, 7) is 3.70. The van der Waals surface area contributed by atoms with Gasteiger partial charge in [0.15, 0.2) is 0 Å². The quantitative estimate of drug-likeness (QED) is 0.525. The summed E-state index contributed by atoms with van der Waals surface area (Å²) in [4.78, 5) is 23.6. The van der Waals surface area contributed by atoms with Crippen LogP contribution in [0, 0.1) is 0 Å². The number of hydroxylamine groups is 1. The van der Waals surface area contributed by atoms with Gasteiger partial charge in [-0.15, -0.1) is 0 Å². The van der Waals surface area contributed by atoms with Gasteiger partial charge in [0.1, 0.15) is 0 Å². The normalized spacial score (nSPS) is 16.9. The number of amides is 1. The van der Waals surface area contributed by atoms with Gasteiger partial charge >= 0.3 is 0 Å². The zero-order chi connectivity index (χ0) is 12.3. The first kappa shape index (κ1) is 11.7. The van der Waals surface area contributed by atoms with Crippen molar-refractivity contribution in [3.8, 4) is 0 Å². The van der Waals surface area contributed by atoms with Gasteiger partial charge in [-0.3, -0.25) is 10.0 Å². The molecule has 2 rings (SSSR count). The number of hydrogen-bond donors (Lipinski definition) is 2. The first-order valence-corrected chi connectivity index (χ1v) is 5.40. The fourth-order valence-corrected chi connectivity index (χ4v) is 1.67. The second-order valence-electron chi connectivity index (χ2n) is 4.00. The van der Waals surface area contributed by atoms with Gasteiger partial charge in [-0.25, -0.2) is 15.4 Å². The molecule has 0 atom stereocenters. The third-order valence-corrected chi connectivity index (χ3v) is 2.79. The Balaban J connectivity index is 2.05. The number of aromatic nitrogens is 2. The van der Waals surface area contributed by atoms with E-state index in [-0.39, 0.29) is 5.56 Å². The van der Waals surface area contributed by atoms with Crippen molar-refractivity contribution >= 4 is 11.9 Å². The molecule has 0 aliphatic carbocycles. The highest BCUT2D eigenvalue weighted by atomic mass is 16.5. The standard InChI is InChI=1S/C10H15N5O2/c1-14-2-4-15(5-3-14)10-11-6-8(7-12-10)9(16)13-17/h6-7,17H,2-5H2,1H3,(H,13,16). The van der Waals surface area contributed by atoms with E-state index in [0.717, 1.165) is 26.2 Å². The van der Waals surface area contributed by atoms with Crippen molar-refractivity contribution in [2.75, 3.05) is 38.1 Å². The molecule has 1 saturated heterocycles. The molecule has 0 spiro atoms. The van der Waals surface area contributed by atoms with E-state index >= 15 is 0 Å². The summed E-state index contributed by atoms with van der Waals surface area (Å²) >= 11 is 0. The van der Waals surface area contributed by atoms with Crippen molar-refractivity contribution in [1.29, 1.82) is 0 Å². The lowest BCUT2D eigenvalue weighted by Crippen LogP contribution is -2.45. The van der Waals surface area contributed by atoms with Gasteiger partial charge in [0.2, 0.25) is 5.95 Å². The molecule has 0 bridgehead atoms. The molecular formula is C10H15N5O2. The molecular weight excluding hydrogens is 222 g/mol. The largest absolute Gasteiger partial charge is 0.338 e. The first-order valence-electron chi connectivity index (χ1n) is 5.40. The highest BCUT2D eigenvalue weighted by Gasteiger charge is 2.16. The maximum atomic E-state index is 11.1. The topological polar surface area (TPSA) is 81.6 Å². The smallest absolute Gasteiger partial charge is 0.277 e. The number of hydrogen-bond acceptors (Lipinski definition) is 6. The van der Waals surface area contributed by atoms with Crippen LogP contribution in [-0.4, -0.2) is 59.2 Å². The molecule has 7 heteroatoms. The third kappa shape index (κ3) is 2.69. The predicted octanol–water partition coefficient (Wildman–Crippen LogP) is -0.653. The summed E-state index contributed by atoms with van der Waals surface area (Å²) in [7, 11) is 2.08. The lowest BCUT2D eigenvalue weighted by molar-refractivity contribution is 0.0705. The van der Waals surface area contributed by atoms with E-state index < -0.39 is 5.91 Å². The van der Waals surface area contributed by atoms with Gasteiger partial charge in [-0.05, 0) is 7.05 Å². The van der Waals surface area contributed by atoms with Crippen LogP contribution in [0.3, 0.4) is 0 Å². The Morgan fingerprint density at radius 1 is 1.29 bits per heavy atom. The number of likely N-dealkylation sites (N-methyl/N-ethyl adjacent to an activating group) is 1. The zero-order valence-electron chi connectivity index (χ0n) is 9.63. The number of nitrogens with zero attached hydrogens (tertiary/aromatic N) is 4. The van der Waals surface area contributed by atoms with E-state index in [9.17, 15) is 4.79 Å². The van der Waals surface area contributed by atoms with E-state index in [1.54, 1.807) is 5.48 Å². The molecule has 1 aromatic heterocycles. The second kappa shape index (κ2) is 5.07. The van der Waals surface area contributed by atoms with E-state index in [2.05, 4.69) is 26.8 Å². The summed E-state index contributed by atoms with van der Waals surface area (Å²) in [5.41, 5.74) is 1.79. The Morgan fingerprint density at radius 2 is 1.88 bits per heavy atom. The van der Waals surface area contributed by atoms with Crippen molar-refractivity contribution in [2.45, 2.75) is 0 Å². The summed E-state index contributed by atoms with van der Waals surface area (Å²) < 4.78 is 0. The second-order valence-corrected chi connectivity index (χ2v) is 4.00. The highest BCUT2D eigenvalue weighted by molar-refractivity contribution is 5.92. The van der Waals surface area contributed by atoms with E-state index in [1.807, 2.05) is 0 Å². The van der Waals surface area contributed by atoms with Crippen LogP contribution >= 0.6 is 0 Å². The maximum Gasteiger partial charge on any atom is 0.277 e. The predicted molar refractivity (Wildman–Crippen MR) is 61.0 cm³/mol. The first-order chi connectivity index (χ1) is 8.20. The summed E-state index contributed by atoms with van der Waals surface area (Å²) in [5.74, 6) is 0.0162. The minimum absolute atomic E-state index is 0.241. The molecule has 1 fully saturated rings. The number of carbonyl (C=O) groups is 1. The molecule has 1 amide bonds. The monoisotopic (exact) mass is 237 g/mol. The van der Waals surface area contributed by atoms with E-state index in [4.69, 9.17) is 5.21 Å². The lowest BCUT2D eigenvalue weighted by atomic mass is 10.3. The number of carbonyl (C=O) groups excluding carboxylic acids is 1. The van der Waals surface area contributed by atoms with E-state index in [1.165, 1.54) is 12.4 Å². The minimum Gasteiger partial charge on any atom is -0.338 e. The SMILES string of the molecule is CN1CCN(c2ncc(C(=O)NO)cn2)CC1. The molecule has 7 nitrogen and oxygen atoms in total. The van der Waals surface area contributed by atoms with Crippen LogP contribution < -0.4 is 10.4 Å². The van der Waals surface area contributed by atoms with Crippen LogP contribution in [-0.2, 0) is 0 Å². The maximum absolute atomic E-state index is 11.1. The van der Waals surface area contributed by atoms with Gasteiger partial charge < -0.3 is 9.80 Å². The molecule has 2 N–H and O–H groups in total. The average Bonchev–Trinajstić information content (AvgIpc) is 2.39. The van der Waals surface area contributed by atoms with Crippen LogP contribution in [0.2, 0.25) is 0 Å². The van der Waals surface area contributed by atoms with Crippen LogP contribution in [0.5, 0.6) is 0 Å². The number of rotatable bonds is 2. The summed E-state index contributed by atoms with van der Waals surface area (Å²) in [6, 6.07) is 0. The zero-order valence-corrected chi connectivity index (χ0v) is 9.63. The molecule has 1 aromatic rings. The van der Waals surface area contributed by atoms with Gasteiger partial charge in [0.25, 0.3) is 5.91 Å². The lowest BCUT2D eigenvalue weighted by Gasteiger charge is -2.32. The molecule has 1 aliphatic rings.